The highest BCUT2D eigenvalue weighted by molar-refractivity contribution is 6.32. The lowest BCUT2D eigenvalue weighted by Crippen LogP contribution is -2.38. The zero-order valence-electron chi connectivity index (χ0n) is 20.8. The second kappa shape index (κ2) is 11.9. The van der Waals surface area contributed by atoms with Gasteiger partial charge >= 0.3 is 0 Å². The van der Waals surface area contributed by atoms with E-state index in [4.69, 9.17) is 35.3 Å². The van der Waals surface area contributed by atoms with Crippen LogP contribution in [0.1, 0.15) is 21.5 Å². The first kappa shape index (κ1) is 25.4. The normalized spacial score (nSPS) is 15.3. The molecule has 8 heteroatoms. The van der Waals surface area contributed by atoms with Gasteiger partial charge < -0.3 is 23.7 Å². The average Bonchev–Trinajstić information content (AvgIpc) is 2.94. The van der Waals surface area contributed by atoms with E-state index in [1.165, 1.54) is 0 Å². The van der Waals surface area contributed by atoms with E-state index in [0.717, 1.165) is 72.9 Å². The first-order chi connectivity index (χ1) is 18.1. The summed E-state index contributed by atoms with van der Waals surface area (Å²) in [6.45, 7) is 7.93. The van der Waals surface area contributed by atoms with Gasteiger partial charge in [0.2, 0.25) is 0 Å². The van der Waals surface area contributed by atoms with Crippen molar-refractivity contribution in [1.82, 2.24) is 4.90 Å². The number of nitrogens with zero attached hydrogens (tertiary/aromatic N) is 1. The molecule has 0 aliphatic carbocycles. The number of hydrogen-bond acceptors (Lipinski definition) is 7. The Hall–Kier alpha value is -3.26. The number of ether oxygens (including phenoxy) is 5. The summed E-state index contributed by atoms with van der Waals surface area (Å²) in [5.41, 5.74) is 4.66. The van der Waals surface area contributed by atoms with Crippen molar-refractivity contribution in [1.29, 1.82) is 0 Å². The van der Waals surface area contributed by atoms with Crippen molar-refractivity contribution >= 4 is 17.9 Å². The fourth-order valence-electron chi connectivity index (χ4n) is 4.51. The number of hydrogen-bond donors (Lipinski definition) is 0. The van der Waals surface area contributed by atoms with E-state index in [1.807, 2.05) is 30.3 Å². The van der Waals surface area contributed by atoms with Crippen LogP contribution < -0.4 is 18.9 Å². The summed E-state index contributed by atoms with van der Waals surface area (Å²) in [6, 6.07) is 15.4. The van der Waals surface area contributed by atoms with E-state index >= 15 is 0 Å². The summed E-state index contributed by atoms with van der Waals surface area (Å²) in [6.07, 6.45) is 0.751. The molecular weight excluding hydrogens is 494 g/mol. The Labute approximate surface area is 221 Å². The summed E-state index contributed by atoms with van der Waals surface area (Å²) >= 11 is 6.45. The maximum Gasteiger partial charge on any atom is 0.161 e. The van der Waals surface area contributed by atoms with Gasteiger partial charge in [-0.25, -0.2) is 0 Å². The predicted molar refractivity (Wildman–Crippen MR) is 142 cm³/mol. The molecule has 3 aromatic rings. The van der Waals surface area contributed by atoms with Gasteiger partial charge in [-0.15, -0.1) is 0 Å². The van der Waals surface area contributed by atoms with E-state index < -0.39 is 0 Å². The van der Waals surface area contributed by atoms with Crippen LogP contribution in [0, 0.1) is 6.92 Å². The lowest BCUT2D eigenvalue weighted by Gasteiger charge is -2.26. The zero-order valence-corrected chi connectivity index (χ0v) is 21.6. The van der Waals surface area contributed by atoms with E-state index in [-0.39, 0.29) is 0 Å². The Balaban J connectivity index is 1.29. The van der Waals surface area contributed by atoms with Gasteiger partial charge in [0.1, 0.15) is 37.9 Å². The number of halogens is 1. The molecular formula is C29H30ClNO6. The lowest BCUT2D eigenvalue weighted by molar-refractivity contribution is 0.0322. The molecule has 0 atom stereocenters. The summed E-state index contributed by atoms with van der Waals surface area (Å²) < 4.78 is 28.9. The molecule has 0 unspecified atom stereocenters. The number of rotatable bonds is 9. The maximum absolute atomic E-state index is 11.6. The second-order valence-electron chi connectivity index (χ2n) is 8.98. The molecule has 2 aliphatic heterocycles. The maximum atomic E-state index is 11.6. The zero-order chi connectivity index (χ0) is 25.6. The molecule has 1 saturated heterocycles. The quantitative estimate of drug-likeness (QED) is 0.358. The fourth-order valence-corrected chi connectivity index (χ4v) is 4.73. The molecule has 1 fully saturated rings. The minimum Gasteiger partial charge on any atom is -0.491 e. The molecule has 0 bridgehead atoms. The van der Waals surface area contributed by atoms with Gasteiger partial charge in [0, 0.05) is 25.7 Å². The van der Waals surface area contributed by atoms with Crippen LogP contribution >= 0.6 is 11.6 Å². The number of morpholine rings is 1. The fraction of sp³-hybridized carbons (Fsp3) is 0.345. The third-order valence-electron chi connectivity index (χ3n) is 6.64. The number of carbonyl (C=O) groups excluding carboxylic acids is 1. The van der Waals surface area contributed by atoms with Crippen LogP contribution in [0.5, 0.6) is 23.0 Å². The molecule has 2 heterocycles. The molecule has 0 N–H and O–H groups in total. The monoisotopic (exact) mass is 523 g/mol. The largest absolute Gasteiger partial charge is 0.491 e. The Morgan fingerprint density at radius 3 is 2.57 bits per heavy atom. The highest BCUT2D eigenvalue weighted by atomic mass is 35.5. The van der Waals surface area contributed by atoms with Crippen LogP contribution in [0.25, 0.3) is 11.1 Å². The van der Waals surface area contributed by atoms with Gasteiger partial charge in [-0.05, 0) is 47.4 Å². The van der Waals surface area contributed by atoms with E-state index in [9.17, 15) is 4.79 Å². The molecule has 0 aromatic heterocycles. The highest BCUT2D eigenvalue weighted by Gasteiger charge is 2.16. The van der Waals surface area contributed by atoms with Crippen LogP contribution in [0.15, 0.2) is 48.5 Å². The summed E-state index contributed by atoms with van der Waals surface area (Å²) in [7, 11) is 0. The van der Waals surface area contributed by atoms with Crippen LogP contribution in [0.3, 0.4) is 0 Å². The predicted octanol–water partition coefficient (Wildman–Crippen LogP) is 5.19. The van der Waals surface area contributed by atoms with Crippen molar-refractivity contribution in [2.24, 2.45) is 0 Å². The van der Waals surface area contributed by atoms with Gasteiger partial charge in [-0.1, -0.05) is 35.9 Å². The summed E-state index contributed by atoms with van der Waals surface area (Å²) in [5.74, 6) is 2.46. The molecule has 194 valence electrons. The standard InChI is InChI=1S/C29H30ClNO6/c1-20-22(3-2-4-24(20)21-5-6-26-29(16-21)36-14-13-35-26)19-37-28-17-27(23(18-32)15-25(28)30)34-12-9-31-7-10-33-11-8-31/h2-6,15-18H,7-14,19H2,1H3. The molecule has 0 radical (unpaired) electrons. The minimum atomic E-state index is 0.317. The van der Waals surface area contributed by atoms with Gasteiger partial charge in [-0.2, -0.15) is 0 Å². The molecule has 37 heavy (non-hydrogen) atoms. The van der Waals surface area contributed by atoms with E-state index in [1.54, 1.807) is 12.1 Å². The Bertz CT molecular complexity index is 1260. The molecule has 0 amide bonds. The molecule has 2 aliphatic rings. The number of benzene rings is 3. The van der Waals surface area contributed by atoms with Gasteiger partial charge in [0.15, 0.2) is 17.8 Å². The SMILES string of the molecule is Cc1c(COc2cc(OCCN3CCOCC3)c(C=O)cc2Cl)cccc1-c1ccc2c(c1)OCCO2. The van der Waals surface area contributed by atoms with Crippen molar-refractivity contribution in [3.05, 3.63) is 70.2 Å². The van der Waals surface area contributed by atoms with Crippen LogP contribution in [0.4, 0.5) is 0 Å². The van der Waals surface area contributed by atoms with Crippen molar-refractivity contribution in [3.8, 4) is 34.1 Å². The first-order valence-corrected chi connectivity index (χ1v) is 12.8. The number of fused-ring (bicyclic) bond motifs is 1. The highest BCUT2D eigenvalue weighted by Crippen LogP contribution is 2.37. The molecule has 3 aromatic carbocycles. The molecule has 0 spiro atoms. The van der Waals surface area contributed by atoms with Gasteiger partial charge in [-0.3, -0.25) is 9.69 Å². The molecule has 0 saturated carbocycles. The Morgan fingerprint density at radius 2 is 1.76 bits per heavy atom. The third-order valence-corrected chi connectivity index (χ3v) is 6.94. The van der Waals surface area contributed by atoms with Crippen molar-refractivity contribution < 1.29 is 28.5 Å². The lowest BCUT2D eigenvalue weighted by atomic mass is 9.96. The van der Waals surface area contributed by atoms with Crippen LogP contribution in [0.2, 0.25) is 5.02 Å². The molecule has 7 nitrogen and oxygen atoms in total. The van der Waals surface area contributed by atoms with Crippen LogP contribution in [-0.2, 0) is 11.3 Å². The summed E-state index contributed by atoms with van der Waals surface area (Å²) in [5, 5.41) is 0.364. The van der Waals surface area contributed by atoms with Crippen LogP contribution in [-0.4, -0.2) is 63.9 Å². The van der Waals surface area contributed by atoms with E-state index in [0.29, 0.717) is 48.5 Å². The summed E-state index contributed by atoms with van der Waals surface area (Å²) in [4.78, 5) is 13.9. The van der Waals surface area contributed by atoms with E-state index in [2.05, 4.69) is 17.9 Å². The average molecular weight is 524 g/mol. The van der Waals surface area contributed by atoms with Crippen molar-refractivity contribution in [2.45, 2.75) is 13.5 Å². The van der Waals surface area contributed by atoms with Gasteiger partial charge in [0.05, 0.1) is 23.8 Å². The second-order valence-corrected chi connectivity index (χ2v) is 9.38. The number of aldehydes is 1. The minimum absolute atomic E-state index is 0.317. The third kappa shape index (κ3) is 6.01. The topological polar surface area (TPSA) is 66.5 Å². The van der Waals surface area contributed by atoms with Crippen molar-refractivity contribution in [3.63, 3.8) is 0 Å². The Kier molecular flexibility index (Phi) is 8.14. The first-order valence-electron chi connectivity index (χ1n) is 12.5. The number of carbonyl (C=O) groups is 1. The van der Waals surface area contributed by atoms with Gasteiger partial charge in [0.25, 0.3) is 0 Å². The smallest absolute Gasteiger partial charge is 0.161 e. The Morgan fingerprint density at radius 1 is 0.946 bits per heavy atom. The van der Waals surface area contributed by atoms with Crippen molar-refractivity contribution in [2.75, 3.05) is 52.7 Å². The molecule has 5 rings (SSSR count).